The molecule has 0 bridgehead atoms. The Morgan fingerprint density at radius 3 is 2.71 bits per heavy atom. The zero-order valence-corrected chi connectivity index (χ0v) is 8.61. The van der Waals surface area contributed by atoms with Crippen LogP contribution in [0.5, 0.6) is 0 Å². The number of benzene rings is 1. The molecule has 1 fully saturated rings. The minimum Gasteiger partial charge on any atom is -0.271 e. The molecular weight excluding hydrogens is 172 g/mol. The van der Waals surface area contributed by atoms with Crippen LogP contribution in [0.4, 0.5) is 0 Å². The van der Waals surface area contributed by atoms with Crippen molar-refractivity contribution in [3.05, 3.63) is 35.9 Å². The highest BCUT2D eigenvalue weighted by atomic mass is 15.2. The SMILES string of the molecule is CCC(NN)C1CC1c1ccccc1. The Bertz CT molecular complexity index is 280. The van der Waals surface area contributed by atoms with Gasteiger partial charge in [-0.15, -0.1) is 0 Å². The molecule has 2 nitrogen and oxygen atoms in total. The summed E-state index contributed by atoms with van der Waals surface area (Å²) < 4.78 is 0. The Morgan fingerprint density at radius 2 is 2.14 bits per heavy atom. The molecule has 3 unspecified atom stereocenters. The number of nitrogens with two attached hydrogens (primary N) is 1. The Kier molecular flexibility index (Phi) is 2.85. The topological polar surface area (TPSA) is 38.0 Å². The lowest BCUT2D eigenvalue weighted by molar-refractivity contribution is 0.454. The highest BCUT2D eigenvalue weighted by molar-refractivity contribution is 5.26. The summed E-state index contributed by atoms with van der Waals surface area (Å²) in [4.78, 5) is 0. The number of hydrogen-bond acceptors (Lipinski definition) is 2. The van der Waals surface area contributed by atoms with Crippen molar-refractivity contribution in [3.63, 3.8) is 0 Å². The summed E-state index contributed by atoms with van der Waals surface area (Å²) in [5.74, 6) is 6.99. The first-order valence-corrected chi connectivity index (χ1v) is 5.38. The minimum atomic E-state index is 0.486. The minimum absolute atomic E-state index is 0.486. The monoisotopic (exact) mass is 190 g/mol. The van der Waals surface area contributed by atoms with Gasteiger partial charge >= 0.3 is 0 Å². The summed E-state index contributed by atoms with van der Waals surface area (Å²) in [5, 5.41) is 0. The van der Waals surface area contributed by atoms with Gasteiger partial charge in [-0.3, -0.25) is 11.3 Å². The number of hydrazine groups is 1. The van der Waals surface area contributed by atoms with Gasteiger partial charge in [0.25, 0.3) is 0 Å². The molecule has 1 aromatic carbocycles. The van der Waals surface area contributed by atoms with Crippen molar-refractivity contribution in [3.8, 4) is 0 Å². The summed E-state index contributed by atoms with van der Waals surface area (Å²) in [6.07, 6.45) is 2.40. The molecule has 0 aliphatic heterocycles. The van der Waals surface area contributed by atoms with Crippen molar-refractivity contribution < 1.29 is 0 Å². The molecule has 2 heteroatoms. The van der Waals surface area contributed by atoms with Crippen molar-refractivity contribution in [2.45, 2.75) is 31.7 Å². The van der Waals surface area contributed by atoms with Crippen molar-refractivity contribution in [2.24, 2.45) is 11.8 Å². The Balaban J connectivity index is 1.99. The molecule has 3 atom stereocenters. The van der Waals surface area contributed by atoms with Gasteiger partial charge in [-0.1, -0.05) is 37.3 Å². The van der Waals surface area contributed by atoms with Crippen LogP contribution in [0.25, 0.3) is 0 Å². The van der Waals surface area contributed by atoms with E-state index in [0.717, 1.165) is 18.3 Å². The fourth-order valence-electron chi connectivity index (χ4n) is 2.29. The maximum Gasteiger partial charge on any atom is 0.0242 e. The van der Waals surface area contributed by atoms with E-state index >= 15 is 0 Å². The van der Waals surface area contributed by atoms with Gasteiger partial charge in [-0.2, -0.15) is 0 Å². The average molecular weight is 190 g/mol. The molecule has 1 aliphatic carbocycles. The first kappa shape index (κ1) is 9.69. The molecule has 14 heavy (non-hydrogen) atoms. The van der Waals surface area contributed by atoms with E-state index < -0.39 is 0 Å². The first-order chi connectivity index (χ1) is 6.86. The lowest BCUT2D eigenvalue weighted by Crippen LogP contribution is -2.36. The Labute approximate surface area is 85.5 Å². The van der Waals surface area contributed by atoms with E-state index in [4.69, 9.17) is 5.84 Å². The first-order valence-electron chi connectivity index (χ1n) is 5.38. The smallest absolute Gasteiger partial charge is 0.0242 e. The van der Waals surface area contributed by atoms with Crippen LogP contribution in [0.15, 0.2) is 30.3 Å². The van der Waals surface area contributed by atoms with Crippen LogP contribution in [-0.4, -0.2) is 6.04 Å². The normalized spacial score (nSPS) is 27.3. The van der Waals surface area contributed by atoms with E-state index in [1.165, 1.54) is 12.0 Å². The highest BCUT2D eigenvalue weighted by Gasteiger charge is 2.42. The van der Waals surface area contributed by atoms with E-state index in [-0.39, 0.29) is 0 Å². The van der Waals surface area contributed by atoms with Gasteiger partial charge in [-0.05, 0) is 30.2 Å². The van der Waals surface area contributed by atoms with Crippen LogP contribution in [0.2, 0.25) is 0 Å². The Hall–Kier alpha value is -0.860. The van der Waals surface area contributed by atoms with Gasteiger partial charge in [0.05, 0.1) is 0 Å². The van der Waals surface area contributed by atoms with Crippen LogP contribution < -0.4 is 11.3 Å². The molecule has 0 radical (unpaired) electrons. The molecule has 1 aromatic rings. The quantitative estimate of drug-likeness (QED) is 0.563. The van der Waals surface area contributed by atoms with Gasteiger partial charge < -0.3 is 0 Å². The summed E-state index contributed by atoms with van der Waals surface area (Å²) in [6, 6.07) is 11.2. The molecule has 2 rings (SSSR count). The molecule has 76 valence electrons. The van der Waals surface area contributed by atoms with Crippen LogP contribution >= 0.6 is 0 Å². The predicted octanol–water partition coefficient (Wildman–Crippen LogP) is 2.03. The van der Waals surface area contributed by atoms with E-state index in [2.05, 4.69) is 42.7 Å². The lowest BCUT2D eigenvalue weighted by atomic mass is 10.0. The number of rotatable bonds is 4. The second kappa shape index (κ2) is 4.11. The van der Waals surface area contributed by atoms with Crippen molar-refractivity contribution in [1.82, 2.24) is 5.43 Å². The van der Waals surface area contributed by atoms with E-state index in [9.17, 15) is 0 Å². The van der Waals surface area contributed by atoms with E-state index in [0.29, 0.717) is 6.04 Å². The Morgan fingerprint density at radius 1 is 1.43 bits per heavy atom. The molecule has 1 aliphatic rings. The predicted molar refractivity (Wildman–Crippen MR) is 58.7 cm³/mol. The van der Waals surface area contributed by atoms with Gasteiger partial charge in [0.2, 0.25) is 0 Å². The van der Waals surface area contributed by atoms with Crippen LogP contribution in [0.3, 0.4) is 0 Å². The third kappa shape index (κ3) is 1.81. The third-order valence-corrected chi connectivity index (χ3v) is 3.24. The zero-order chi connectivity index (χ0) is 9.97. The second-order valence-corrected chi connectivity index (χ2v) is 4.10. The molecule has 0 amide bonds. The van der Waals surface area contributed by atoms with Gasteiger partial charge in [0.15, 0.2) is 0 Å². The number of nitrogens with one attached hydrogen (secondary N) is 1. The summed E-state index contributed by atoms with van der Waals surface area (Å²) in [7, 11) is 0. The summed E-state index contributed by atoms with van der Waals surface area (Å²) in [6.45, 7) is 2.19. The highest BCUT2D eigenvalue weighted by Crippen LogP contribution is 2.49. The zero-order valence-electron chi connectivity index (χ0n) is 8.61. The fraction of sp³-hybridized carbons (Fsp3) is 0.500. The molecule has 3 N–H and O–H groups in total. The van der Waals surface area contributed by atoms with E-state index in [1.807, 2.05) is 0 Å². The van der Waals surface area contributed by atoms with E-state index in [1.54, 1.807) is 0 Å². The lowest BCUT2D eigenvalue weighted by Gasteiger charge is -2.12. The van der Waals surface area contributed by atoms with Crippen molar-refractivity contribution >= 4 is 0 Å². The molecule has 0 saturated heterocycles. The second-order valence-electron chi connectivity index (χ2n) is 4.10. The molecule has 0 aromatic heterocycles. The maximum absolute atomic E-state index is 5.51. The molecule has 0 spiro atoms. The van der Waals surface area contributed by atoms with Gasteiger partial charge in [-0.25, -0.2) is 0 Å². The maximum atomic E-state index is 5.51. The van der Waals surface area contributed by atoms with Crippen LogP contribution in [0, 0.1) is 5.92 Å². The standard InChI is InChI=1S/C12H18N2/c1-2-12(14-13)11-8-10(11)9-6-4-3-5-7-9/h3-7,10-12,14H,2,8,13H2,1H3. The summed E-state index contributed by atoms with van der Waals surface area (Å²) >= 11 is 0. The van der Waals surface area contributed by atoms with Crippen LogP contribution in [0.1, 0.15) is 31.2 Å². The average Bonchev–Trinajstić information content (AvgIpc) is 3.01. The van der Waals surface area contributed by atoms with Gasteiger partial charge in [0.1, 0.15) is 0 Å². The third-order valence-electron chi connectivity index (χ3n) is 3.24. The van der Waals surface area contributed by atoms with Crippen molar-refractivity contribution in [1.29, 1.82) is 0 Å². The number of hydrogen-bond donors (Lipinski definition) is 2. The van der Waals surface area contributed by atoms with Gasteiger partial charge in [0, 0.05) is 6.04 Å². The largest absolute Gasteiger partial charge is 0.271 e. The molecule has 0 heterocycles. The summed E-state index contributed by atoms with van der Waals surface area (Å²) in [5.41, 5.74) is 4.38. The molecule has 1 saturated carbocycles. The van der Waals surface area contributed by atoms with Crippen molar-refractivity contribution in [2.75, 3.05) is 0 Å². The molecular formula is C12H18N2. The van der Waals surface area contributed by atoms with Crippen LogP contribution in [-0.2, 0) is 0 Å². The fourth-order valence-corrected chi connectivity index (χ4v) is 2.29.